The second kappa shape index (κ2) is 5.64. The number of pyridine rings is 1. The lowest BCUT2D eigenvalue weighted by atomic mass is 10.2. The summed E-state index contributed by atoms with van der Waals surface area (Å²) in [7, 11) is 0. The molecule has 2 rings (SSSR count). The fourth-order valence-electron chi connectivity index (χ4n) is 2.02. The van der Waals surface area contributed by atoms with Crippen LogP contribution < -0.4 is 4.90 Å². The number of nitrogens with zero attached hydrogens (tertiary/aromatic N) is 3. The molecule has 1 aromatic rings. The zero-order valence-corrected chi connectivity index (χ0v) is 12.1. The number of carbonyl (C=O) groups excluding carboxylic acids is 1. The number of anilines is 1. The summed E-state index contributed by atoms with van der Waals surface area (Å²) >= 11 is 0. The molecular weight excluding hydrogens is 261 g/mol. The number of piperazine rings is 1. The quantitative estimate of drug-likeness (QED) is 0.741. The number of hydrogen-bond donors (Lipinski definition) is 0. The Morgan fingerprint density at radius 1 is 1.25 bits per heavy atom. The van der Waals surface area contributed by atoms with Crippen LogP contribution in [0.2, 0.25) is 0 Å². The van der Waals surface area contributed by atoms with Crippen molar-refractivity contribution in [2.75, 3.05) is 31.1 Å². The summed E-state index contributed by atoms with van der Waals surface area (Å²) in [6, 6.07) is 4.73. The molecule has 1 saturated heterocycles. The molecule has 6 heteroatoms. The van der Waals surface area contributed by atoms with Gasteiger partial charge in [-0.25, -0.2) is 9.78 Å². The summed E-state index contributed by atoms with van der Waals surface area (Å²) in [5.41, 5.74) is -0.488. The third kappa shape index (κ3) is 3.82. The van der Waals surface area contributed by atoms with E-state index in [-0.39, 0.29) is 6.09 Å². The zero-order chi connectivity index (χ0) is 14.8. The maximum atomic E-state index is 13.1. The SMILES string of the molecule is CC(C)(C)OC(=O)N1CCN(c2cccc(F)n2)CC1. The topological polar surface area (TPSA) is 45.7 Å². The first-order valence-corrected chi connectivity index (χ1v) is 6.70. The lowest BCUT2D eigenvalue weighted by Crippen LogP contribution is -2.50. The monoisotopic (exact) mass is 281 g/mol. The molecule has 0 spiro atoms. The van der Waals surface area contributed by atoms with Crippen LogP contribution in [0.1, 0.15) is 20.8 Å². The second-order valence-electron chi connectivity index (χ2n) is 5.77. The normalized spacial score (nSPS) is 16.2. The van der Waals surface area contributed by atoms with Gasteiger partial charge in [-0.05, 0) is 32.9 Å². The Bertz CT molecular complexity index is 480. The van der Waals surface area contributed by atoms with Gasteiger partial charge in [-0.3, -0.25) is 0 Å². The Morgan fingerprint density at radius 2 is 1.90 bits per heavy atom. The van der Waals surface area contributed by atoms with Gasteiger partial charge in [0.1, 0.15) is 11.4 Å². The van der Waals surface area contributed by atoms with Crippen LogP contribution in [0.5, 0.6) is 0 Å². The summed E-state index contributed by atoms with van der Waals surface area (Å²) in [6.07, 6.45) is -0.302. The second-order valence-corrected chi connectivity index (χ2v) is 5.77. The molecule has 0 saturated carbocycles. The van der Waals surface area contributed by atoms with Gasteiger partial charge in [0.15, 0.2) is 0 Å². The maximum Gasteiger partial charge on any atom is 0.410 e. The molecule has 0 aliphatic carbocycles. The van der Waals surface area contributed by atoms with Crippen molar-refractivity contribution in [1.82, 2.24) is 9.88 Å². The van der Waals surface area contributed by atoms with Crippen LogP contribution in [-0.4, -0.2) is 47.8 Å². The Morgan fingerprint density at radius 3 is 2.45 bits per heavy atom. The van der Waals surface area contributed by atoms with Gasteiger partial charge in [-0.1, -0.05) is 6.07 Å². The van der Waals surface area contributed by atoms with Crippen molar-refractivity contribution in [3.63, 3.8) is 0 Å². The van der Waals surface area contributed by atoms with Crippen molar-refractivity contribution in [2.45, 2.75) is 26.4 Å². The number of halogens is 1. The Balaban J connectivity index is 1.91. The molecule has 0 radical (unpaired) electrons. The summed E-state index contributed by atoms with van der Waals surface area (Å²) in [4.78, 5) is 19.4. The first-order chi connectivity index (χ1) is 9.35. The van der Waals surface area contributed by atoms with Crippen molar-refractivity contribution in [3.8, 4) is 0 Å². The van der Waals surface area contributed by atoms with E-state index in [4.69, 9.17) is 4.74 Å². The number of amides is 1. The molecule has 1 fully saturated rings. The first kappa shape index (κ1) is 14.6. The van der Waals surface area contributed by atoms with Crippen molar-refractivity contribution in [3.05, 3.63) is 24.1 Å². The molecular formula is C14H20FN3O2. The number of carbonyl (C=O) groups is 1. The highest BCUT2D eigenvalue weighted by atomic mass is 19.1. The van der Waals surface area contributed by atoms with Gasteiger partial charge in [0.25, 0.3) is 0 Å². The van der Waals surface area contributed by atoms with E-state index in [9.17, 15) is 9.18 Å². The zero-order valence-electron chi connectivity index (χ0n) is 12.1. The molecule has 110 valence electrons. The third-order valence-corrected chi connectivity index (χ3v) is 2.96. The summed E-state index contributed by atoms with van der Waals surface area (Å²) in [6.45, 7) is 7.87. The van der Waals surface area contributed by atoms with Gasteiger partial charge < -0.3 is 14.5 Å². The Hall–Kier alpha value is -1.85. The maximum absolute atomic E-state index is 13.1. The van der Waals surface area contributed by atoms with Crippen molar-refractivity contribution in [2.24, 2.45) is 0 Å². The van der Waals surface area contributed by atoms with E-state index in [0.29, 0.717) is 32.0 Å². The molecule has 0 N–H and O–H groups in total. The molecule has 1 aromatic heterocycles. The highest BCUT2D eigenvalue weighted by molar-refractivity contribution is 5.68. The summed E-state index contributed by atoms with van der Waals surface area (Å²) in [5.74, 6) is 0.117. The molecule has 0 aromatic carbocycles. The fourth-order valence-corrected chi connectivity index (χ4v) is 2.02. The van der Waals surface area contributed by atoms with Crippen LogP contribution in [0.4, 0.5) is 15.0 Å². The molecule has 5 nitrogen and oxygen atoms in total. The number of ether oxygens (including phenoxy) is 1. The van der Waals surface area contributed by atoms with Gasteiger partial charge in [-0.2, -0.15) is 4.39 Å². The minimum atomic E-state index is -0.489. The molecule has 1 aliphatic heterocycles. The summed E-state index contributed by atoms with van der Waals surface area (Å²) in [5, 5.41) is 0. The Kier molecular flexibility index (Phi) is 4.11. The van der Waals surface area contributed by atoms with E-state index in [1.807, 2.05) is 25.7 Å². The van der Waals surface area contributed by atoms with E-state index in [1.165, 1.54) is 6.07 Å². The van der Waals surface area contributed by atoms with Crippen LogP contribution in [0.25, 0.3) is 0 Å². The van der Waals surface area contributed by atoms with Crippen molar-refractivity contribution >= 4 is 11.9 Å². The van der Waals surface area contributed by atoms with E-state index < -0.39 is 11.5 Å². The number of hydrogen-bond acceptors (Lipinski definition) is 4. The summed E-state index contributed by atoms with van der Waals surface area (Å²) < 4.78 is 18.4. The van der Waals surface area contributed by atoms with Gasteiger partial charge in [0.05, 0.1) is 0 Å². The Labute approximate surface area is 118 Å². The smallest absolute Gasteiger partial charge is 0.410 e. The van der Waals surface area contributed by atoms with E-state index >= 15 is 0 Å². The number of aromatic nitrogens is 1. The third-order valence-electron chi connectivity index (χ3n) is 2.96. The molecule has 0 bridgehead atoms. The largest absolute Gasteiger partial charge is 0.444 e. The minimum Gasteiger partial charge on any atom is -0.444 e. The molecule has 2 heterocycles. The van der Waals surface area contributed by atoms with Crippen molar-refractivity contribution < 1.29 is 13.9 Å². The van der Waals surface area contributed by atoms with Crippen LogP contribution in [0.3, 0.4) is 0 Å². The minimum absolute atomic E-state index is 0.302. The van der Waals surface area contributed by atoms with Gasteiger partial charge in [0, 0.05) is 26.2 Å². The molecule has 0 unspecified atom stereocenters. The van der Waals surface area contributed by atoms with Gasteiger partial charge in [-0.15, -0.1) is 0 Å². The highest BCUT2D eigenvalue weighted by Gasteiger charge is 2.26. The van der Waals surface area contributed by atoms with Crippen LogP contribution in [-0.2, 0) is 4.74 Å². The molecule has 1 aliphatic rings. The predicted octanol–water partition coefficient (Wildman–Crippen LogP) is 2.28. The van der Waals surface area contributed by atoms with E-state index in [0.717, 1.165) is 0 Å². The fraction of sp³-hybridized carbons (Fsp3) is 0.571. The molecule has 0 atom stereocenters. The average Bonchev–Trinajstić information content (AvgIpc) is 2.37. The van der Waals surface area contributed by atoms with E-state index in [2.05, 4.69) is 4.98 Å². The van der Waals surface area contributed by atoms with Crippen LogP contribution in [0, 0.1) is 5.95 Å². The van der Waals surface area contributed by atoms with Crippen LogP contribution in [0.15, 0.2) is 18.2 Å². The van der Waals surface area contributed by atoms with Crippen molar-refractivity contribution in [1.29, 1.82) is 0 Å². The number of rotatable bonds is 1. The predicted molar refractivity (Wildman–Crippen MR) is 74.2 cm³/mol. The van der Waals surface area contributed by atoms with Crippen LogP contribution >= 0.6 is 0 Å². The lowest BCUT2D eigenvalue weighted by molar-refractivity contribution is 0.0240. The standard InChI is InChI=1S/C14H20FN3O2/c1-14(2,3)20-13(19)18-9-7-17(8-10-18)12-6-4-5-11(15)16-12/h4-6H,7-10H2,1-3H3. The van der Waals surface area contributed by atoms with Gasteiger partial charge >= 0.3 is 6.09 Å². The molecule has 1 amide bonds. The average molecular weight is 281 g/mol. The highest BCUT2D eigenvalue weighted by Crippen LogP contribution is 2.16. The molecule has 20 heavy (non-hydrogen) atoms. The first-order valence-electron chi connectivity index (χ1n) is 6.70. The lowest BCUT2D eigenvalue weighted by Gasteiger charge is -2.36. The van der Waals surface area contributed by atoms with Gasteiger partial charge in [0.2, 0.25) is 5.95 Å². The van der Waals surface area contributed by atoms with E-state index in [1.54, 1.807) is 17.0 Å².